The van der Waals surface area contributed by atoms with Crippen LogP contribution in [0.4, 0.5) is 10.5 Å². The molecule has 0 bridgehead atoms. The number of carbonyl (C=O) groups excluding carboxylic acids is 1. The molecule has 3 rings (SSSR count). The maximum Gasteiger partial charge on any atom is 0.342 e. The Balaban J connectivity index is 1.87. The average Bonchev–Trinajstić information content (AvgIpc) is 3.00. The zero-order chi connectivity index (χ0) is 21.2. The van der Waals surface area contributed by atoms with Crippen molar-refractivity contribution < 1.29 is 13.2 Å². The Morgan fingerprint density at radius 3 is 2.21 bits per heavy atom. The second kappa shape index (κ2) is 8.34. The largest absolute Gasteiger partial charge is 0.342 e. The molecule has 1 N–H and O–H groups in total. The van der Waals surface area contributed by atoms with Crippen molar-refractivity contribution in [2.75, 3.05) is 23.9 Å². The van der Waals surface area contributed by atoms with E-state index in [2.05, 4.69) is 10.4 Å². The van der Waals surface area contributed by atoms with E-state index < -0.39 is 21.3 Å². The molecule has 0 saturated carbocycles. The van der Waals surface area contributed by atoms with Gasteiger partial charge in [-0.05, 0) is 48.4 Å². The summed E-state index contributed by atoms with van der Waals surface area (Å²) in [6.07, 6.45) is 1.55. The Hall–Kier alpha value is -2.09. The molecule has 0 aliphatic carbocycles. The van der Waals surface area contributed by atoms with E-state index in [1.54, 1.807) is 36.4 Å². The summed E-state index contributed by atoms with van der Waals surface area (Å²) in [7, 11) is -3.16. The van der Waals surface area contributed by atoms with Crippen molar-refractivity contribution in [3.05, 3.63) is 64.1 Å². The summed E-state index contributed by atoms with van der Waals surface area (Å²) in [5, 5.41) is 9.80. The van der Waals surface area contributed by atoms with Gasteiger partial charge in [0.05, 0.1) is 18.0 Å². The lowest BCUT2D eigenvalue weighted by molar-refractivity contribution is 0.207. The molecule has 1 aliphatic rings. The highest BCUT2D eigenvalue weighted by atomic mass is 35.5. The summed E-state index contributed by atoms with van der Waals surface area (Å²) < 4.78 is 23.5. The second-order valence-electron chi connectivity index (χ2n) is 7.39. The number of sulfone groups is 1. The van der Waals surface area contributed by atoms with Crippen molar-refractivity contribution in [1.29, 1.82) is 0 Å². The van der Waals surface area contributed by atoms with Crippen LogP contribution in [-0.4, -0.2) is 43.7 Å². The number of hydrogen-bond acceptors (Lipinski definition) is 4. The van der Waals surface area contributed by atoms with Gasteiger partial charge in [0, 0.05) is 27.4 Å². The first kappa shape index (κ1) is 21.6. The lowest BCUT2D eigenvalue weighted by Crippen LogP contribution is -2.36. The molecule has 1 unspecified atom stereocenters. The highest BCUT2D eigenvalue weighted by molar-refractivity contribution is 7.90. The van der Waals surface area contributed by atoms with Gasteiger partial charge in [-0.25, -0.2) is 18.2 Å². The van der Waals surface area contributed by atoms with E-state index in [0.717, 1.165) is 5.56 Å². The fraction of sp³-hybridized carbons (Fsp3) is 0.300. The van der Waals surface area contributed by atoms with Crippen LogP contribution in [0.15, 0.2) is 53.6 Å². The number of hydrogen-bond donors (Lipinski definition) is 1. The number of benzene rings is 2. The Labute approximate surface area is 180 Å². The van der Waals surface area contributed by atoms with Crippen molar-refractivity contribution >= 4 is 50.5 Å². The second-order valence-corrected chi connectivity index (χ2v) is 10.5. The normalized spacial score (nSPS) is 19.2. The molecule has 0 spiro atoms. The molecule has 154 valence electrons. The summed E-state index contributed by atoms with van der Waals surface area (Å²) in [5.41, 5.74) is 1.43. The fourth-order valence-electron chi connectivity index (χ4n) is 3.14. The zero-order valence-corrected chi connectivity index (χ0v) is 18.4. The molecule has 2 aromatic carbocycles. The molecular formula is C20H21Cl2N3O3S. The number of hydrazone groups is 1. The number of urea groups is 1. The summed E-state index contributed by atoms with van der Waals surface area (Å²) in [5.74, 6) is 0.00273. The molecule has 9 heteroatoms. The van der Waals surface area contributed by atoms with Crippen LogP contribution in [0.25, 0.3) is 0 Å². The number of amides is 2. The Morgan fingerprint density at radius 1 is 1.10 bits per heavy atom. The average molecular weight is 454 g/mol. The molecule has 6 nitrogen and oxygen atoms in total. The van der Waals surface area contributed by atoms with Crippen LogP contribution in [0.3, 0.4) is 0 Å². The molecule has 0 radical (unpaired) electrons. The predicted octanol–water partition coefficient (Wildman–Crippen LogP) is 4.69. The van der Waals surface area contributed by atoms with Crippen LogP contribution in [0, 0.1) is 5.41 Å². The van der Waals surface area contributed by atoms with Gasteiger partial charge >= 0.3 is 6.03 Å². The number of nitrogens with zero attached hydrogens (tertiary/aromatic N) is 2. The molecule has 0 fully saturated rings. The Morgan fingerprint density at radius 2 is 1.66 bits per heavy atom. The van der Waals surface area contributed by atoms with Crippen LogP contribution in [0.1, 0.15) is 18.9 Å². The lowest BCUT2D eigenvalue weighted by atomic mass is 9.80. The topological polar surface area (TPSA) is 78.8 Å². The van der Waals surface area contributed by atoms with Crippen molar-refractivity contribution in [3.8, 4) is 0 Å². The van der Waals surface area contributed by atoms with Crippen molar-refractivity contribution in [2.24, 2.45) is 10.5 Å². The summed E-state index contributed by atoms with van der Waals surface area (Å²) >= 11 is 11.9. The van der Waals surface area contributed by atoms with Gasteiger partial charge in [0.2, 0.25) is 0 Å². The molecule has 2 aromatic rings. The van der Waals surface area contributed by atoms with Crippen LogP contribution < -0.4 is 5.32 Å². The Kier molecular flexibility index (Phi) is 6.22. The third-order valence-corrected chi connectivity index (χ3v) is 6.21. The van der Waals surface area contributed by atoms with Crippen LogP contribution >= 0.6 is 23.2 Å². The van der Waals surface area contributed by atoms with E-state index >= 15 is 0 Å². The highest BCUT2D eigenvalue weighted by Crippen LogP contribution is 2.35. The van der Waals surface area contributed by atoms with Crippen LogP contribution in [0.5, 0.6) is 0 Å². The minimum absolute atomic E-state index is 0.00273. The highest BCUT2D eigenvalue weighted by Gasteiger charge is 2.41. The van der Waals surface area contributed by atoms with Crippen LogP contribution in [0.2, 0.25) is 10.0 Å². The number of carbonyl (C=O) groups is 1. The van der Waals surface area contributed by atoms with Crippen LogP contribution in [-0.2, 0) is 9.84 Å². The number of nitrogens with one attached hydrogen (secondary N) is 1. The van der Waals surface area contributed by atoms with Gasteiger partial charge in [-0.15, -0.1) is 0 Å². The first-order chi connectivity index (χ1) is 13.6. The van der Waals surface area contributed by atoms with Gasteiger partial charge in [-0.3, -0.25) is 0 Å². The van der Waals surface area contributed by atoms with E-state index in [-0.39, 0.29) is 12.3 Å². The first-order valence-electron chi connectivity index (χ1n) is 8.93. The van der Waals surface area contributed by atoms with E-state index in [0.29, 0.717) is 27.9 Å². The molecular weight excluding hydrogens is 433 g/mol. The van der Waals surface area contributed by atoms with Gasteiger partial charge in [-0.2, -0.15) is 5.10 Å². The van der Waals surface area contributed by atoms with Gasteiger partial charge < -0.3 is 5.32 Å². The number of anilines is 1. The summed E-state index contributed by atoms with van der Waals surface area (Å²) in [6.45, 7) is 2.18. The zero-order valence-electron chi connectivity index (χ0n) is 16.0. The first-order valence-corrected chi connectivity index (χ1v) is 11.7. The lowest BCUT2D eigenvalue weighted by Gasteiger charge is -2.26. The minimum Gasteiger partial charge on any atom is -0.306 e. The van der Waals surface area contributed by atoms with Crippen molar-refractivity contribution in [1.82, 2.24) is 5.01 Å². The minimum atomic E-state index is -3.16. The fourth-order valence-corrected chi connectivity index (χ4v) is 4.22. The van der Waals surface area contributed by atoms with Gasteiger partial charge in [0.25, 0.3) is 0 Å². The van der Waals surface area contributed by atoms with Gasteiger partial charge in [0.15, 0.2) is 0 Å². The molecule has 1 atom stereocenters. The van der Waals surface area contributed by atoms with Crippen molar-refractivity contribution in [3.63, 3.8) is 0 Å². The summed E-state index contributed by atoms with van der Waals surface area (Å²) in [6, 6.07) is 13.5. The SMILES string of the molecule is CC1(CCS(C)(=O)=O)CN(C(=O)Nc2ccc(Cl)cc2)N=C1c1ccc(Cl)cc1. The van der Waals surface area contributed by atoms with Gasteiger partial charge in [0.1, 0.15) is 9.84 Å². The van der Waals surface area contributed by atoms with E-state index in [4.69, 9.17) is 23.2 Å². The molecule has 0 aromatic heterocycles. The molecule has 1 heterocycles. The van der Waals surface area contributed by atoms with E-state index in [1.165, 1.54) is 11.3 Å². The molecule has 2 amide bonds. The monoisotopic (exact) mass is 453 g/mol. The maximum atomic E-state index is 12.8. The third-order valence-electron chi connectivity index (χ3n) is 4.76. The number of rotatable bonds is 5. The maximum absolute atomic E-state index is 12.8. The smallest absolute Gasteiger partial charge is 0.306 e. The predicted molar refractivity (Wildman–Crippen MR) is 118 cm³/mol. The van der Waals surface area contributed by atoms with E-state index in [1.807, 2.05) is 19.1 Å². The molecule has 0 saturated heterocycles. The van der Waals surface area contributed by atoms with Gasteiger partial charge in [-0.1, -0.05) is 42.3 Å². The van der Waals surface area contributed by atoms with Crippen molar-refractivity contribution in [2.45, 2.75) is 13.3 Å². The molecule has 29 heavy (non-hydrogen) atoms. The standard InChI is InChI=1S/C20H21Cl2N3O3S/c1-20(11-12-29(2,27)28)13-25(19(26)23-17-9-7-16(22)8-10-17)24-18(20)14-3-5-15(21)6-4-14/h3-10H,11-13H2,1-2H3,(H,23,26). The number of halogens is 2. The molecule has 1 aliphatic heterocycles. The quantitative estimate of drug-likeness (QED) is 0.712. The third kappa shape index (κ3) is 5.50. The Bertz CT molecular complexity index is 1040. The summed E-state index contributed by atoms with van der Waals surface area (Å²) in [4.78, 5) is 12.8. The van der Waals surface area contributed by atoms with E-state index in [9.17, 15) is 13.2 Å².